The van der Waals surface area contributed by atoms with Crippen LogP contribution in [0.25, 0.3) is 16.5 Å². The molecule has 3 aromatic heterocycles. The van der Waals surface area contributed by atoms with Gasteiger partial charge in [-0.3, -0.25) is 14.6 Å². The number of aryl methyl sites for hydroxylation is 2. The Kier molecular flexibility index (Phi) is 5.09. The summed E-state index contributed by atoms with van der Waals surface area (Å²) in [4.78, 5) is 33.0. The van der Waals surface area contributed by atoms with E-state index in [1.165, 1.54) is 10.7 Å². The number of benzene rings is 1. The molecule has 0 saturated heterocycles. The lowest BCUT2D eigenvalue weighted by atomic mass is 10.1. The maximum absolute atomic E-state index is 12.8. The molecular formula is C21H19N5O2S. The number of hydrogen-bond acceptors (Lipinski definition) is 5. The predicted octanol–water partition coefficient (Wildman–Crippen LogP) is 3.81. The molecule has 2 N–H and O–H groups in total. The van der Waals surface area contributed by atoms with Crippen LogP contribution in [0.1, 0.15) is 28.5 Å². The number of hydrogen-bond donors (Lipinski definition) is 2. The molecule has 3 heterocycles. The Hall–Kier alpha value is -3.52. The van der Waals surface area contributed by atoms with Gasteiger partial charge in [0.05, 0.1) is 4.88 Å². The van der Waals surface area contributed by atoms with Crippen molar-refractivity contribution in [2.45, 2.75) is 20.3 Å². The molecule has 0 bridgehead atoms. The zero-order valence-corrected chi connectivity index (χ0v) is 16.8. The van der Waals surface area contributed by atoms with Gasteiger partial charge < -0.3 is 5.32 Å². The first-order chi connectivity index (χ1) is 14.0. The minimum atomic E-state index is -0.268. The van der Waals surface area contributed by atoms with E-state index < -0.39 is 0 Å². The maximum atomic E-state index is 12.8. The second-order valence-corrected chi connectivity index (χ2v) is 7.49. The smallest absolute Gasteiger partial charge is 0.256 e. The molecule has 1 aromatic carbocycles. The van der Waals surface area contributed by atoms with Gasteiger partial charge in [0.15, 0.2) is 0 Å². The highest BCUT2D eigenvalue weighted by atomic mass is 32.1. The number of nitrogens with one attached hydrogen (secondary N) is 2. The normalized spacial score (nSPS) is 10.8. The van der Waals surface area contributed by atoms with Crippen LogP contribution in [0.5, 0.6) is 0 Å². The van der Waals surface area contributed by atoms with Crippen molar-refractivity contribution in [2.75, 3.05) is 5.32 Å². The van der Waals surface area contributed by atoms with E-state index >= 15 is 0 Å². The second kappa shape index (κ2) is 7.84. The molecule has 0 radical (unpaired) electrons. The number of nitrogens with zero attached hydrogens (tertiary/aromatic N) is 3. The third-order valence-electron chi connectivity index (χ3n) is 4.35. The summed E-state index contributed by atoms with van der Waals surface area (Å²) < 4.78 is 1.46. The number of amides is 1. The van der Waals surface area contributed by atoms with E-state index in [1.54, 1.807) is 23.5 Å². The number of thiophene rings is 1. The summed E-state index contributed by atoms with van der Waals surface area (Å²) in [6.45, 7) is 3.85. The predicted molar refractivity (Wildman–Crippen MR) is 114 cm³/mol. The highest BCUT2D eigenvalue weighted by Gasteiger charge is 2.17. The molecule has 146 valence electrons. The van der Waals surface area contributed by atoms with E-state index in [-0.39, 0.29) is 17.4 Å². The topological polar surface area (TPSA) is 92.7 Å². The maximum Gasteiger partial charge on any atom is 0.256 e. The monoisotopic (exact) mass is 405 g/mol. The van der Waals surface area contributed by atoms with Crippen LogP contribution in [-0.4, -0.2) is 25.7 Å². The van der Waals surface area contributed by atoms with Crippen LogP contribution >= 0.6 is 11.3 Å². The largest absolute Gasteiger partial charge is 0.306 e. The molecule has 4 aromatic rings. The lowest BCUT2D eigenvalue weighted by Crippen LogP contribution is -2.19. The van der Waals surface area contributed by atoms with Crippen LogP contribution in [0.4, 0.5) is 5.82 Å². The summed E-state index contributed by atoms with van der Waals surface area (Å²) in [5.74, 6) is 0.426. The highest BCUT2D eigenvalue weighted by molar-refractivity contribution is 7.13. The molecule has 8 heteroatoms. The second-order valence-electron chi connectivity index (χ2n) is 6.54. The fraction of sp³-hybridized carbons (Fsp3) is 0.143. The summed E-state index contributed by atoms with van der Waals surface area (Å²) in [5.41, 5.74) is 2.60. The van der Waals surface area contributed by atoms with Gasteiger partial charge >= 0.3 is 0 Å². The van der Waals surface area contributed by atoms with Crippen LogP contribution in [0, 0.1) is 6.92 Å². The lowest BCUT2D eigenvalue weighted by molar-refractivity contribution is 0.102. The third kappa shape index (κ3) is 4.02. The molecule has 0 unspecified atom stereocenters. The van der Waals surface area contributed by atoms with Crippen molar-refractivity contribution in [2.24, 2.45) is 0 Å². The van der Waals surface area contributed by atoms with Crippen molar-refractivity contribution in [1.82, 2.24) is 19.7 Å². The Bertz CT molecular complexity index is 1220. The van der Waals surface area contributed by atoms with Gasteiger partial charge in [-0.2, -0.15) is 9.78 Å². The molecular weight excluding hydrogens is 386 g/mol. The van der Waals surface area contributed by atoms with Gasteiger partial charge in [-0.15, -0.1) is 11.3 Å². The first-order valence-corrected chi connectivity index (χ1v) is 10.0. The molecule has 0 fully saturated rings. The van der Waals surface area contributed by atoms with Gasteiger partial charge in [-0.1, -0.05) is 30.7 Å². The number of anilines is 1. The number of carbonyl (C=O) groups is 1. The zero-order valence-electron chi connectivity index (χ0n) is 16.0. The Balaban J connectivity index is 1.79. The molecule has 1 amide bonds. The molecule has 0 spiro atoms. The molecule has 0 saturated carbocycles. The average Bonchev–Trinajstić information content (AvgIpc) is 3.37. The molecule has 0 atom stereocenters. The van der Waals surface area contributed by atoms with Crippen molar-refractivity contribution in [3.8, 4) is 16.5 Å². The van der Waals surface area contributed by atoms with Crippen molar-refractivity contribution >= 4 is 23.1 Å². The molecule has 0 aliphatic rings. The van der Waals surface area contributed by atoms with E-state index in [0.717, 1.165) is 10.4 Å². The van der Waals surface area contributed by atoms with Crippen molar-refractivity contribution in [1.29, 1.82) is 0 Å². The van der Waals surface area contributed by atoms with Crippen LogP contribution in [0.3, 0.4) is 0 Å². The van der Waals surface area contributed by atoms with Crippen LogP contribution in [0.2, 0.25) is 0 Å². The summed E-state index contributed by atoms with van der Waals surface area (Å²) in [6.07, 6.45) is 0.612. The fourth-order valence-corrected chi connectivity index (χ4v) is 3.61. The third-order valence-corrected chi connectivity index (χ3v) is 5.24. The first kappa shape index (κ1) is 18.8. The fourth-order valence-electron chi connectivity index (χ4n) is 2.93. The molecule has 7 nitrogen and oxygen atoms in total. The Morgan fingerprint density at radius 2 is 2.07 bits per heavy atom. The molecule has 29 heavy (non-hydrogen) atoms. The van der Waals surface area contributed by atoms with E-state index in [2.05, 4.69) is 20.4 Å². The SMILES string of the molecule is CCc1cc(=O)[nH]c(-n2nc(-c3cccs3)cc2NC(=O)c2cccc(C)c2)n1. The summed E-state index contributed by atoms with van der Waals surface area (Å²) in [7, 11) is 0. The summed E-state index contributed by atoms with van der Waals surface area (Å²) in [6, 6.07) is 14.4. The number of aromatic amines is 1. The van der Waals surface area contributed by atoms with Crippen LogP contribution in [0.15, 0.2) is 58.7 Å². The number of rotatable bonds is 5. The lowest BCUT2D eigenvalue weighted by Gasteiger charge is -2.09. The van der Waals surface area contributed by atoms with E-state index in [9.17, 15) is 9.59 Å². The Morgan fingerprint density at radius 1 is 1.21 bits per heavy atom. The molecule has 0 aliphatic carbocycles. The van der Waals surface area contributed by atoms with Gasteiger partial charge in [0.1, 0.15) is 11.5 Å². The summed E-state index contributed by atoms with van der Waals surface area (Å²) in [5, 5.41) is 9.43. The van der Waals surface area contributed by atoms with Crippen LogP contribution in [-0.2, 0) is 6.42 Å². The molecule has 0 aliphatic heterocycles. The number of aromatic nitrogens is 4. The van der Waals surface area contributed by atoms with E-state index in [0.29, 0.717) is 29.2 Å². The number of H-pyrrole nitrogens is 1. The van der Waals surface area contributed by atoms with Crippen molar-refractivity contribution in [3.63, 3.8) is 0 Å². The van der Waals surface area contributed by atoms with Crippen molar-refractivity contribution in [3.05, 3.63) is 81.1 Å². The van der Waals surface area contributed by atoms with Crippen molar-refractivity contribution < 1.29 is 4.79 Å². The standard InChI is InChI=1S/C21H19N5O2S/c1-3-15-11-19(27)24-21(22-15)26-18(12-16(25-26)17-8-5-9-29-17)23-20(28)14-7-4-6-13(2)10-14/h4-12H,3H2,1-2H3,(H,23,28)(H,22,24,27). The van der Waals surface area contributed by atoms with Gasteiger partial charge in [0, 0.05) is 23.4 Å². The van der Waals surface area contributed by atoms with Gasteiger partial charge in [-0.25, -0.2) is 4.98 Å². The molecule has 4 rings (SSSR count). The van der Waals surface area contributed by atoms with E-state index in [1.807, 2.05) is 49.6 Å². The van der Waals surface area contributed by atoms with Crippen LogP contribution < -0.4 is 10.9 Å². The van der Waals surface area contributed by atoms with Gasteiger partial charge in [0.25, 0.3) is 11.5 Å². The van der Waals surface area contributed by atoms with Gasteiger partial charge in [-0.05, 0) is 36.9 Å². The zero-order chi connectivity index (χ0) is 20.4. The minimum Gasteiger partial charge on any atom is -0.306 e. The first-order valence-electron chi connectivity index (χ1n) is 9.16. The van der Waals surface area contributed by atoms with Gasteiger partial charge in [0.2, 0.25) is 5.95 Å². The number of carbonyl (C=O) groups excluding carboxylic acids is 1. The Labute approximate surface area is 171 Å². The van der Waals surface area contributed by atoms with E-state index in [4.69, 9.17) is 0 Å². The quantitative estimate of drug-likeness (QED) is 0.528. The Morgan fingerprint density at radius 3 is 2.79 bits per heavy atom. The summed E-state index contributed by atoms with van der Waals surface area (Å²) >= 11 is 1.54. The minimum absolute atomic E-state index is 0.261. The average molecular weight is 405 g/mol. The highest BCUT2D eigenvalue weighted by Crippen LogP contribution is 2.27.